The number of nitro benzene ring substituents is 1. The molecule has 0 aliphatic heterocycles. The van der Waals surface area contributed by atoms with Gasteiger partial charge in [-0.25, -0.2) is 8.78 Å². The van der Waals surface area contributed by atoms with Crippen LogP contribution in [0.25, 0.3) is 0 Å². The zero-order valence-corrected chi connectivity index (χ0v) is 11.2. The van der Waals surface area contributed by atoms with Crippen LogP contribution in [0.1, 0.15) is 25.7 Å². The van der Waals surface area contributed by atoms with Crippen LogP contribution in [-0.4, -0.2) is 24.1 Å². The highest BCUT2D eigenvalue weighted by atomic mass is 19.1. The first-order valence-electron chi connectivity index (χ1n) is 6.58. The van der Waals surface area contributed by atoms with E-state index in [9.17, 15) is 18.9 Å². The van der Waals surface area contributed by atoms with Crippen LogP contribution in [0, 0.1) is 21.7 Å². The standard InChI is InChI=1S/C13H17F2N3O2/c1-16-8-2-4-9(5-3-8)17-13-11(14)6-10(18(19)20)7-12(13)15/h6-9,16-17H,2-5H2,1H3. The minimum atomic E-state index is -0.924. The van der Waals surface area contributed by atoms with Crippen molar-refractivity contribution < 1.29 is 13.7 Å². The predicted molar refractivity (Wildman–Crippen MR) is 71.7 cm³/mol. The van der Waals surface area contributed by atoms with Gasteiger partial charge in [0.25, 0.3) is 5.69 Å². The molecule has 0 heterocycles. The largest absolute Gasteiger partial charge is 0.378 e. The summed E-state index contributed by atoms with van der Waals surface area (Å²) in [6.07, 6.45) is 3.48. The Labute approximate surface area is 115 Å². The Morgan fingerprint density at radius 3 is 2.10 bits per heavy atom. The first-order valence-corrected chi connectivity index (χ1v) is 6.58. The van der Waals surface area contributed by atoms with Gasteiger partial charge >= 0.3 is 0 Å². The van der Waals surface area contributed by atoms with Crippen molar-refractivity contribution in [2.24, 2.45) is 0 Å². The van der Waals surface area contributed by atoms with Crippen molar-refractivity contribution in [3.05, 3.63) is 33.9 Å². The molecule has 7 heteroatoms. The van der Waals surface area contributed by atoms with Crippen molar-refractivity contribution in [2.75, 3.05) is 12.4 Å². The summed E-state index contributed by atoms with van der Waals surface area (Å²) >= 11 is 0. The van der Waals surface area contributed by atoms with Crippen molar-refractivity contribution in [1.29, 1.82) is 0 Å². The summed E-state index contributed by atoms with van der Waals surface area (Å²) in [4.78, 5) is 9.71. The number of nitrogens with one attached hydrogen (secondary N) is 2. The quantitative estimate of drug-likeness (QED) is 0.659. The molecular weight excluding hydrogens is 268 g/mol. The molecule has 5 nitrogen and oxygen atoms in total. The van der Waals surface area contributed by atoms with Gasteiger partial charge in [-0.05, 0) is 32.7 Å². The molecule has 1 fully saturated rings. The molecule has 1 saturated carbocycles. The van der Waals surface area contributed by atoms with Crippen molar-refractivity contribution in [1.82, 2.24) is 5.32 Å². The molecule has 0 spiro atoms. The monoisotopic (exact) mass is 285 g/mol. The molecule has 0 saturated heterocycles. The number of hydrogen-bond acceptors (Lipinski definition) is 4. The first-order chi connectivity index (χ1) is 9.51. The fraction of sp³-hybridized carbons (Fsp3) is 0.538. The number of halogens is 2. The number of non-ortho nitro benzene ring substituents is 1. The topological polar surface area (TPSA) is 67.2 Å². The first kappa shape index (κ1) is 14.6. The molecule has 0 bridgehead atoms. The van der Waals surface area contributed by atoms with Crippen LogP contribution in [0.4, 0.5) is 20.2 Å². The summed E-state index contributed by atoms with van der Waals surface area (Å²) in [5, 5.41) is 16.5. The molecule has 1 aliphatic rings. The summed E-state index contributed by atoms with van der Waals surface area (Å²) in [6.45, 7) is 0. The highest BCUT2D eigenvalue weighted by Crippen LogP contribution is 2.28. The summed E-state index contributed by atoms with van der Waals surface area (Å²) < 4.78 is 27.5. The zero-order valence-electron chi connectivity index (χ0n) is 11.2. The average molecular weight is 285 g/mol. The van der Waals surface area contributed by atoms with Gasteiger partial charge in [0, 0.05) is 12.1 Å². The third kappa shape index (κ3) is 3.22. The van der Waals surface area contributed by atoms with Crippen molar-refractivity contribution in [3.8, 4) is 0 Å². The van der Waals surface area contributed by atoms with Crippen LogP contribution in [0.3, 0.4) is 0 Å². The number of nitrogens with zero attached hydrogens (tertiary/aromatic N) is 1. The minimum Gasteiger partial charge on any atom is -0.378 e. The van der Waals surface area contributed by atoms with Gasteiger partial charge in [-0.1, -0.05) is 0 Å². The highest BCUT2D eigenvalue weighted by molar-refractivity contribution is 5.52. The number of nitro groups is 1. The number of anilines is 1. The molecule has 0 radical (unpaired) electrons. The van der Waals surface area contributed by atoms with Gasteiger partial charge in [-0.2, -0.15) is 0 Å². The molecule has 1 aliphatic carbocycles. The Hall–Kier alpha value is -1.76. The lowest BCUT2D eigenvalue weighted by Gasteiger charge is -2.29. The lowest BCUT2D eigenvalue weighted by Crippen LogP contribution is -2.35. The Morgan fingerprint density at radius 1 is 1.15 bits per heavy atom. The maximum atomic E-state index is 13.7. The summed E-state index contributed by atoms with van der Waals surface area (Å²) in [7, 11) is 1.90. The summed E-state index contributed by atoms with van der Waals surface area (Å²) in [5.41, 5.74) is -0.854. The SMILES string of the molecule is CNC1CCC(Nc2c(F)cc([N+](=O)[O-])cc2F)CC1. The molecular formula is C13H17F2N3O2. The normalized spacial score (nSPS) is 22.6. The van der Waals surface area contributed by atoms with E-state index in [4.69, 9.17) is 0 Å². The van der Waals surface area contributed by atoms with E-state index in [2.05, 4.69) is 10.6 Å². The number of benzene rings is 1. The van der Waals surface area contributed by atoms with E-state index in [1.807, 2.05) is 7.05 Å². The van der Waals surface area contributed by atoms with Crippen LogP contribution in [0.5, 0.6) is 0 Å². The maximum Gasteiger partial charge on any atom is 0.275 e. The van der Waals surface area contributed by atoms with Crippen LogP contribution >= 0.6 is 0 Å². The van der Waals surface area contributed by atoms with E-state index in [-0.39, 0.29) is 11.7 Å². The predicted octanol–water partition coefficient (Wildman–Crippen LogP) is 2.82. The second-order valence-electron chi connectivity index (χ2n) is 5.02. The van der Waals surface area contributed by atoms with E-state index in [0.29, 0.717) is 6.04 Å². The van der Waals surface area contributed by atoms with Crippen molar-refractivity contribution in [2.45, 2.75) is 37.8 Å². The molecule has 0 amide bonds. The summed E-state index contributed by atoms with van der Waals surface area (Å²) in [5.74, 6) is -1.85. The molecule has 20 heavy (non-hydrogen) atoms. The van der Waals surface area contributed by atoms with Crippen LogP contribution in [-0.2, 0) is 0 Å². The Morgan fingerprint density at radius 2 is 1.65 bits per heavy atom. The summed E-state index contributed by atoms with van der Waals surface area (Å²) in [6, 6.07) is 1.92. The van der Waals surface area contributed by atoms with E-state index in [1.165, 1.54) is 0 Å². The third-order valence-electron chi connectivity index (χ3n) is 3.72. The molecule has 1 aromatic rings. The lowest BCUT2D eigenvalue weighted by molar-refractivity contribution is -0.385. The maximum absolute atomic E-state index is 13.7. The average Bonchev–Trinajstić information content (AvgIpc) is 2.43. The Kier molecular flexibility index (Phi) is 4.49. The second kappa shape index (κ2) is 6.13. The van der Waals surface area contributed by atoms with Crippen molar-refractivity contribution in [3.63, 3.8) is 0 Å². The molecule has 0 aromatic heterocycles. The smallest absolute Gasteiger partial charge is 0.275 e. The van der Waals surface area contributed by atoms with E-state index < -0.39 is 22.2 Å². The minimum absolute atomic E-state index is 0.00921. The Bertz CT molecular complexity index is 479. The lowest BCUT2D eigenvalue weighted by atomic mass is 9.91. The fourth-order valence-corrected chi connectivity index (χ4v) is 2.53. The van der Waals surface area contributed by atoms with Gasteiger partial charge in [0.05, 0.1) is 17.1 Å². The fourth-order valence-electron chi connectivity index (χ4n) is 2.53. The van der Waals surface area contributed by atoms with Gasteiger partial charge in [-0.15, -0.1) is 0 Å². The molecule has 110 valence electrons. The molecule has 2 rings (SSSR count). The number of rotatable bonds is 4. The molecule has 2 N–H and O–H groups in total. The van der Waals surface area contributed by atoms with E-state index in [0.717, 1.165) is 37.8 Å². The van der Waals surface area contributed by atoms with Crippen LogP contribution in [0.15, 0.2) is 12.1 Å². The highest BCUT2D eigenvalue weighted by Gasteiger charge is 2.23. The van der Waals surface area contributed by atoms with E-state index in [1.54, 1.807) is 0 Å². The van der Waals surface area contributed by atoms with Gasteiger partial charge in [0.2, 0.25) is 0 Å². The van der Waals surface area contributed by atoms with Crippen molar-refractivity contribution >= 4 is 11.4 Å². The van der Waals surface area contributed by atoms with E-state index >= 15 is 0 Å². The zero-order chi connectivity index (χ0) is 14.7. The van der Waals surface area contributed by atoms with Crippen LogP contribution in [0.2, 0.25) is 0 Å². The molecule has 1 aromatic carbocycles. The van der Waals surface area contributed by atoms with Gasteiger partial charge < -0.3 is 10.6 Å². The van der Waals surface area contributed by atoms with Crippen LogP contribution < -0.4 is 10.6 Å². The Balaban J connectivity index is 2.08. The molecule has 0 atom stereocenters. The van der Waals surface area contributed by atoms with Gasteiger partial charge in [0.1, 0.15) is 5.69 Å². The van der Waals surface area contributed by atoms with Gasteiger partial charge in [0.15, 0.2) is 11.6 Å². The molecule has 0 unspecified atom stereocenters. The second-order valence-corrected chi connectivity index (χ2v) is 5.02. The number of hydrogen-bond donors (Lipinski definition) is 2. The third-order valence-corrected chi connectivity index (χ3v) is 3.72. The van der Waals surface area contributed by atoms with Gasteiger partial charge in [-0.3, -0.25) is 10.1 Å².